The first-order valence-electron chi connectivity index (χ1n) is 5.01. The number of alkyl halides is 1. The molecular formula is C11H10Br2FN3. The van der Waals surface area contributed by atoms with Gasteiger partial charge in [-0.25, -0.2) is 9.07 Å². The second-order valence-electron chi connectivity index (χ2n) is 3.76. The Morgan fingerprint density at radius 2 is 2.12 bits per heavy atom. The minimum absolute atomic E-state index is 0.122. The number of hydrogen-bond donors (Lipinski definition) is 0. The summed E-state index contributed by atoms with van der Waals surface area (Å²) in [6.07, 6.45) is 1.79. The van der Waals surface area contributed by atoms with E-state index in [9.17, 15) is 4.39 Å². The third-order valence-electron chi connectivity index (χ3n) is 2.40. The molecule has 1 heterocycles. The maximum atomic E-state index is 13.5. The van der Waals surface area contributed by atoms with Crippen LogP contribution in [0.25, 0.3) is 5.69 Å². The fraction of sp³-hybridized carbons (Fsp3) is 0.273. The largest absolute Gasteiger partial charge is 0.220 e. The van der Waals surface area contributed by atoms with Crippen LogP contribution in [-0.2, 0) is 0 Å². The predicted molar refractivity (Wildman–Crippen MR) is 71.1 cm³/mol. The summed E-state index contributed by atoms with van der Waals surface area (Å²) in [6, 6.07) is 3.17. The Morgan fingerprint density at radius 1 is 1.41 bits per heavy atom. The van der Waals surface area contributed by atoms with Gasteiger partial charge in [-0.3, -0.25) is 0 Å². The monoisotopic (exact) mass is 361 g/mol. The molecule has 2 rings (SSSR count). The lowest BCUT2D eigenvalue weighted by molar-refractivity contribution is 0.617. The van der Waals surface area contributed by atoms with Gasteiger partial charge in [0.25, 0.3) is 0 Å². The van der Waals surface area contributed by atoms with Crippen LogP contribution in [-0.4, -0.2) is 15.0 Å². The van der Waals surface area contributed by atoms with Crippen LogP contribution in [0.2, 0.25) is 0 Å². The third kappa shape index (κ3) is 2.57. The third-order valence-corrected chi connectivity index (χ3v) is 3.48. The molecule has 0 aliphatic heterocycles. The van der Waals surface area contributed by atoms with Crippen LogP contribution in [0.5, 0.6) is 0 Å². The summed E-state index contributed by atoms with van der Waals surface area (Å²) < 4.78 is 15.5. The molecule has 1 atom stereocenters. The summed E-state index contributed by atoms with van der Waals surface area (Å²) in [7, 11) is 0. The van der Waals surface area contributed by atoms with Crippen molar-refractivity contribution in [2.45, 2.75) is 18.7 Å². The molecule has 1 aromatic carbocycles. The van der Waals surface area contributed by atoms with Crippen LogP contribution < -0.4 is 0 Å². The van der Waals surface area contributed by atoms with Gasteiger partial charge in [0.05, 0.1) is 26.9 Å². The zero-order chi connectivity index (χ0) is 12.6. The highest BCUT2D eigenvalue weighted by atomic mass is 79.9. The van der Waals surface area contributed by atoms with Crippen molar-refractivity contribution in [3.8, 4) is 5.69 Å². The van der Waals surface area contributed by atoms with Crippen molar-refractivity contribution < 1.29 is 4.39 Å². The van der Waals surface area contributed by atoms with Crippen molar-refractivity contribution in [3.05, 3.63) is 39.9 Å². The Hall–Kier alpha value is -0.750. The fourth-order valence-corrected chi connectivity index (χ4v) is 2.13. The summed E-state index contributed by atoms with van der Waals surface area (Å²) >= 11 is 6.57. The van der Waals surface area contributed by atoms with Gasteiger partial charge in [0, 0.05) is 6.07 Å². The highest BCUT2D eigenvalue weighted by Crippen LogP contribution is 2.24. The lowest BCUT2D eigenvalue weighted by atomic mass is 10.2. The Bertz CT molecular complexity index is 552. The summed E-state index contributed by atoms with van der Waals surface area (Å²) in [4.78, 5) is 0.122. The average Bonchev–Trinajstić information content (AvgIpc) is 2.72. The molecule has 2 aromatic rings. The van der Waals surface area contributed by atoms with Gasteiger partial charge in [0.1, 0.15) is 5.82 Å². The second-order valence-corrected chi connectivity index (χ2v) is 5.98. The van der Waals surface area contributed by atoms with E-state index < -0.39 is 0 Å². The molecule has 1 aromatic heterocycles. The highest BCUT2D eigenvalue weighted by molar-refractivity contribution is 9.10. The van der Waals surface area contributed by atoms with Crippen LogP contribution in [0.1, 0.15) is 23.0 Å². The Kier molecular flexibility index (Phi) is 3.63. The molecule has 0 spiro atoms. The van der Waals surface area contributed by atoms with Gasteiger partial charge < -0.3 is 0 Å². The summed E-state index contributed by atoms with van der Waals surface area (Å²) in [5.74, 6) is -0.311. The summed E-state index contributed by atoms with van der Waals surface area (Å²) in [5, 5.41) is 8.01. The van der Waals surface area contributed by atoms with E-state index in [0.717, 1.165) is 11.3 Å². The van der Waals surface area contributed by atoms with Crippen molar-refractivity contribution in [2.75, 3.05) is 0 Å². The number of benzene rings is 1. The Balaban J connectivity index is 2.49. The smallest absolute Gasteiger partial charge is 0.139 e. The highest BCUT2D eigenvalue weighted by Gasteiger charge is 2.11. The molecule has 0 amide bonds. The zero-order valence-corrected chi connectivity index (χ0v) is 12.5. The van der Waals surface area contributed by atoms with Crippen molar-refractivity contribution in [2.24, 2.45) is 0 Å². The van der Waals surface area contributed by atoms with E-state index in [1.807, 2.05) is 13.8 Å². The molecule has 0 radical (unpaired) electrons. The molecule has 0 saturated heterocycles. The van der Waals surface area contributed by atoms with E-state index in [1.54, 1.807) is 16.9 Å². The zero-order valence-electron chi connectivity index (χ0n) is 9.28. The normalized spacial score (nSPS) is 12.8. The number of halogens is 3. The van der Waals surface area contributed by atoms with Gasteiger partial charge in [-0.15, -0.1) is 5.10 Å². The van der Waals surface area contributed by atoms with Crippen molar-refractivity contribution in [1.82, 2.24) is 15.0 Å². The summed E-state index contributed by atoms with van der Waals surface area (Å²) in [6.45, 7) is 3.86. The minimum atomic E-state index is -0.311. The van der Waals surface area contributed by atoms with Gasteiger partial charge in [0.15, 0.2) is 0 Å². The standard InChI is InChI=1S/C11H10Br2FN3/c1-6-3-8(13)9(14)4-11(6)17-5-10(7(2)12)15-16-17/h3-5,7H,1-2H3. The molecule has 3 nitrogen and oxygen atoms in total. The van der Waals surface area contributed by atoms with E-state index >= 15 is 0 Å². The molecular weight excluding hydrogens is 353 g/mol. The lowest BCUT2D eigenvalue weighted by Crippen LogP contribution is -1.99. The first-order valence-corrected chi connectivity index (χ1v) is 6.72. The van der Waals surface area contributed by atoms with E-state index in [0.29, 0.717) is 10.2 Å². The maximum absolute atomic E-state index is 13.5. The van der Waals surface area contributed by atoms with E-state index in [4.69, 9.17) is 0 Å². The van der Waals surface area contributed by atoms with E-state index in [1.165, 1.54) is 6.07 Å². The SMILES string of the molecule is Cc1cc(Br)c(F)cc1-n1cc(C(C)Br)nn1. The number of aromatic nitrogens is 3. The van der Waals surface area contributed by atoms with Crippen molar-refractivity contribution >= 4 is 31.9 Å². The first kappa shape index (κ1) is 12.7. The molecule has 0 fully saturated rings. The Labute approximate surface area is 115 Å². The van der Waals surface area contributed by atoms with Crippen LogP contribution in [0.3, 0.4) is 0 Å². The molecule has 0 aliphatic rings. The number of rotatable bonds is 2. The first-order chi connectivity index (χ1) is 7.99. The molecule has 90 valence electrons. The van der Waals surface area contributed by atoms with Crippen LogP contribution >= 0.6 is 31.9 Å². The van der Waals surface area contributed by atoms with Crippen molar-refractivity contribution in [3.63, 3.8) is 0 Å². The van der Waals surface area contributed by atoms with Crippen LogP contribution in [0.4, 0.5) is 4.39 Å². The van der Waals surface area contributed by atoms with Crippen molar-refractivity contribution in [1.29, 1.82) is 0 Å². The quantitative estimate of drug-likeness (QED) is 0.757. The van der Waals surface area contributed by atoms with Gasteiger partial charge in [-0.2, -0.15) is 0 Å². The lowest BCUT2D eigenvalue weighted by Gasteiger charge is -2.06. The molecule has 6 heteroatoms. The fourth-order valence-electron chi connectivity index (χ4n) is 1.46. The second kappa shape index (κ2) is 4.86. The molecule has 17 heavy (non-hydrogen) atoms. The summed E-state index contributed by atoms with van der Waals surface area (Å²) in [5.41, 5.74) is 2.43. The maximum Gasteiger partial charge on any atom is 0.139 e. The topological polar surface area (TPSA) is 30.7 Å². The van der Waals surface area contributed by atoms with E-state index in [-0.39, 0.29) is 10.6 Å². The van der Waals surface area contributed by atoms with E-state index in [2.05, 4.69) is 42.2 Å². The number of hydrogen-bond acceptors (Lipinski definition) is 2. The predicted octanol–water partition coefficient (Wildman–Crippen LogP) is 3.93. The van der Waals surface area contributed by atoms with Gasteiger partial charge in [-0.1, -0.05) is 21.1 Å². The molecule has 0 saturated carbocycles. The molecule has 0 bridgehead atoms. The number of aryl methyl sites for hydroxylation is 1. The van der Waals surface area contributed by atoms with Crippen LogP contribution in [0.15, 0.2) is 22.8 Å². The number of nitrogens with zero attached hydrogens (tertiary/aromatic N) is 3. The molecule has 0 aliphatic carbocycles. The Morgan fingerprint density at radius 3 is 2.71 bits per heavy atom. The van der Waals surface area contributed by atoms with Gasteiger partial charge in [-0.05, 0) is 41.4 Å². The van der Waals surface area contributed by atoms with Crippen LogP contribution in [0, 0.1) is 12.7 Å². The minimum Gasteiger partial charge on any atom is -0.220 e. The molecule has 1 unspecified atom stereocenters. The average molecular weight is 363 g/mol. The molecule has 0 N–H and O–H groups in total. The van der Waals surface area contributed by atoms with Gasteiger partial charge in [0.2, 0.25) is 0 Å². The van der Waals surface area contributed by atoms with Gasteiger partial charge >= 0.3 is 0 Å².